The Kier molecular flexibility index (Phi) is 6.87. The summed E-state index contributed by atoms with van der Waals surface area (Å²) < 4.78 is 5.45. The molecule has 112 valence electrons. The summed E-state index contributed by atoms with van der Waals surface area (Å²) in [6.07, 6.45) is 0.134. The smallest absolute Gasteiger partial charge is 0.304 e. The maximum atomic E-state index is 10.4. The molecule has 0 unspecified atom stereocenters. The largest absolute Gasteiger partial charge is 0.495 e. The maximum absolute atomic E-state index is 10.4. The number of benzene rings is 1. The van der Waals surface area contributed by atoms with Crippen molar-refractivity contribution < 1.29 is 14.6 Å². The van der Waals surface area contributed by atoms with Crippen LogP contribution in [0.3, 0.4) is 0 Å². The molecule has 0 aromatic heterocycles. The molecule has 0 heterocycles. The van der Waals surface area contributed by atoms with Gasteiger partial charge >= 0.3 is 5.97 Å². The molecule has 0 fully saturated rings. The van der Waals surface area contributed by atoms with Crippen molar-refractivity contribution in [3.05, 3.63) is 23.8 Å². The van der Waals surface area contributed by atoms with Crippen molar-refractivity contribution in [3.8, 4) is 5.75 Å². The summed E-state index contributed by atoms with van der Waals surface area (Å²) in [5, 5.41) is 11.7. The predicted octanol–water partition coefficient (Wildman–Crippen LogP) is 2.11. The van der Waals surface area contributed by atoms with Gasteiger partial charge in [-0.3, -0.25) is 4.79 Å². The molecule has 0 bridgehead atoms. The summed E-state index contributed by atoms with van der Waals surface area (Å²) in [5.41, 5.74) is 2.18. The number of carboxylic acid groups (broad SMARTS) is 1. The Balaban J connectivity index is 2.69. The average molecular weight is 280 g/mol. The Morgan fingerprint density at radius 3 is 2.60 bits per heavy atom. The Hall–Kier alpha value is -1.75. The summed E-state index contributed by atoms with van der Waals surface area (Å²) in [5.74, 6) is 0.0678. The normalized spacial score (nSPS) is 10.3. The summed E-state index contributed by atoms with van der Waals surface area (Å²) in [4.78, 5) is 12.7. The van der Waals surface area contributed by atoms with Gasteiger partial charge in [0.05, 0.1) is 19.2 Å². The van der Waals surface area contributed by atoms with Crippen LogP contribution in [-0.4, -0.2) is 37.8 Å². The van der Waals surface area contributed by atoms with E-state index >= 15 is 0 Å². The molecule has 0 aliphatic rings. The van der Waals surface area contributed by atoms with Gasteiger partial charge in [0.2, 0.25) is 0 Å². The van der Waals surface area contributed by atoms with E-state index in [1.54, 1.807) is 7.11 Å². The molecule has 0 spiro atoms. The van der Waals surface area contributed by atoms with E-state index in [0.29, 0.717) is 13.1 Å². The molecular formula is C15H24N2O3. The van der Waals surface area contributed by atoms with E-state index in [1.165, 1.54) is 0 Å². The van der Waals surface area contributed by atoms with Gasteiger partial charge in [-0.05, 0) is 31.5 Å². The lowest BCUT2D eigenvalue weighted by Crippen LogP contribution is -2.22. The van der Waals surface area contributed by atoms with Gasteiger partial charge in [0, 0.05) is 26.2 Å². The quantitative estimate of drug-likeness (QED) is 0.678. The number of aliphatic carboxylic acids is 1. The number of carboxylic acids is 1. The minimum absolute atomic E-state index is 0.134. The number of nitrogens with zero attached hydrogens (tertiary/aromatic N) is 1. The highest BCUT2D eigenvalue weighted by Crippen LogP contribution is 2.29. The van der Waals surface area contributed by atoms with Crippen LogP contribution < -0.4 is 15.0 Å². The van der Waals surface area contributed by atoms with Crippen LogP contribution in [0, 0.1) is 0 Å². The topological polar surface area (TPSA) is 61.8 Å². The van der Waals surface area contributed by atoms with Gasteiger partial charge in [0.15, 0.2) is 0 Å². The number of anilines is 1. The van der Waals surface area contributed by atoms with E-state index in [-0.39, 0.29) is 6.42 Å². The van der Waals surface area contributed by atoms with Crippen molar-refractivity contribution in [2.45, 2.75) is 26.8 Å². The fourth-order valence-corrected chi connectivity index (χ4v) is 2.09. The van der Waals surface area contributed by atoms with Crippen LogP contribution in [0.15, 0.2) is 18.2 Å². The number of hydrogen-bond donors (Lipinski definition) is 2. The molecule has 5 heteroatoms. The first-order valence-electron chi connectivity index (χ1n) is 6.96. The SMILES string of the molecule is CCN(CC)c1ccc(CNCCC(=O)O)cc1OC. The standard InChI is InChI=1S/C15H24N2O3/c1-4-17(5-2)13-7-6-12(10-14(13)20-3)11-16-9-8-15(18)19/h6-7,10,16H,4-5,8-9,11H2,1-3H3,(H,18,19). The van der Waals surface area contributed by atoms with E-state index in [0.717, 1.165) is 30.1 Å². The van der Waals surface area contributed by atoms with E-state index in [4.69, 9.17) is 9.84 Å². The van der Waals surface area contributed by atoms with Crippen LogP contribution in [0.4, 0.5) is 5.69 Å². The number of methoxy groups -OCH3 is 1. The highest BCUT2D eigenvalue weighted by Gasteiger charge is 2.09. The Morgan fingerprint density at radius 1 is 1.35 bits per heavy atom. The molecular weight excluding hydrogens is 256 g/mol. The highest BCUT2D eigenvalue weighted by molar-refractivity contribution is 5.66. The second-order valence-corrected chi connectivity index (χ2v) is 4.50. The molecule has 0 aliphatic carbocycles. The molecule has 0 aliphatic heterocycles. The number of ether oxygens (including phenoxy) is 1. The first-order valence-corrected chi connectivity index (χ1v) is 6.96. The molecule has 1 rings (SSSR count). The number of nitrogens with one attached hydrogen (secondary N) is 1. The van der Waals surface area contributed by atoms with Gasteiger partial charge in [-0.25, -0.2) is 0 Å². The minimum Gasteiger partial charge on any atom is -0.495 e. The van der Waals surface area contributed by atoms with Crippen molar-refractivity contribution in [2.75, 3.05) is 31.6 Å². The zero-order valence-corrected chi connectivity index (χ0v) is 12.5. The van der Waals surface area contributed by atoms with Crippen molar-refractivity contribution in [2.24, 2.45) is 0 Å². The molecule has 2 N–H and O–H groups in total. The molecule has 1 aromatic rings. The van der Waals surface area contributed by atoms with Crippen LogP contribution >= 0.6 is 0 Å². The Morgan fingerprint density at radius 2 is 2.05 bits per heavy atom. The van der Waals surface area contributed by atoms with Gasteiger partial charge in [-0.2, -0.15) is 0 Å². The van der Waals surface area contributed by atoms with Crippen LogP contribution in [0.5, 0.6) is 5.75 Å². The van der Waals surface area contributed by atoms with Crippen molar-refractivity contribution in [3.63, 3.8) is 0 Å². The van der Waals surface area contributed by atoms with Crippen LogP contribution in [0.2, 0.25) is 0 Å². The molecule has 1 aromatic carbocycles. The second-order valence-electron chi connectivity index (χ2n) is 4.50. The number of rotatable bonds is 9. The van der Waals surface area contributed by atoms with E-state index in [2.05, 4.69) is 30.1 Å². The molecule has 0 radical (unpaired) electrons. The first kappa shape index (κ1) is 16.3. The molecule has 20 heavy (non-hydrogen) atoms. The lowest BCUT2D eigenvalue weighted by molar-refractivity contribution is -0.136. The van der Waals surface area contributed by atoms with Crippen molar-refractivity contribution in [1.82, 2.24) is 5.32 Å². The Labute approximate surface area is 120 Å². The van der Waals surface area contributed by atoms with Gasteiger partial charge < -0.3 is 20.1 Å². The van der Waals surface area contributed by atoms with E-state index in [1.807, 2.05) is 12.1 Å². The third-order valence-corrected chi connectivity index (χ3v) is 3.19. The lowest BCUT2D eigenvalue weighted by atomic mass is 10.1. The predicted molar refractivity (Wildman–Crippen MR) is 80.5 cm³/mol. The zero-order valence-electron chi connectivity index (χ0n) is 12.5. The van der Waals surface area contributed by atoms with Gasteiger partial charge in [-0.1, -0.05) is 6.07 Å². The number of carbonyl (C=O) groups is 1. The van der Waals surface area contributed by atoms with Crippen molar-refractivity contribution >= 4 is 11.7 Å². The third kappa shape index (κ3) is 4.74. The van der Waals surface area contributed by atoms with E-state index < -0.39 is 5.97 Å². The molecule has 0 amide bonds. The third-order valence-electron chi connectivity index (χ3n) is 3.19. The summed E-state index contributed by atoms with van der Waals surface area (Å²) in [6, 6.07) is 6.10. The monoisotopic (exact) mass is 280 g/mol. The summed E-state index contributed by atoms with van der Waals surface area (Å²) in [6.45, 7) is 7.21. The molecule has 0 saturated carbocycles. The fourth-order valence-electron chi connectivity index (χ4n) is 2.09. The Bertz CT molecular complexity index is 431. The van der Waals surface area contributed by atoms with Crippen LogP contribution in [0.25, 0.3) is 0 Å². The van der Waals surface area contributed by atoms with Crippen LogP contribution in [-0.2, 0) is 11.3 Å². The molecule has 5 nitrogen and oxygen atoms in total. The molecule has 0 atom stereocenters. The zero-order chi connectivity index (χ0) is 15.0. The molecule has 0 saturated heterocycles. The summed E-state index contributed by atoms with van der Waals surface area (Å²) >= 11 is 0. The number of hydrogen-bond acceptors (Lipinski definition) is 4. The van der Waals surface area contributed by atoms with Gasteiger partial charge in [-0.15, -0.1) is 0 Å². The lowest BCUT2D eigenvalue weighted by Gasteiger charge is -2.23. The van der Waals surface area contributed by atoms with Crippen molar-refractivity contribution in [1.29, 1.82) is 0 Å². The summed E-state index contributed by atoms with van der Waals surface area (Å²) in [7, 11) is 1.67. The highest BCUT2D eigenvalue weighted by atomic mass is 16.5. The minimum atomic E-state index is -0.785. The van der Waals surface area contributed by atoms with E-state index in [9.17, 15) is 4.79 Å². The average Bonchev–Trinajstić information content (AvgIpc) is 2.45. The van der Waals surface area contributed by atoms with Gasteiger partial charge in [0.1, 0.15) is 5.75 Å². The van der Waals surface area contributed by atoms with Crippen LogP contribution in [0.1, 0.15) is 25.8 Å². The van der Waals surface area contributed by atoms with Gasteiger partial charge in [0.25, 0.3) is 0 Å². The maximum Gasteiger partial charge on any atom is 0.304 e. The fraction of sp³-hybridized carbons (Fsp3) is 0.533. The second kappa shape index (κ2) is 8.43. The first-order chi connectivity index (χ1) is 9.62.